The molecule has 0 amide bonds. The van der Waals surface area contributed by atoms with Crippen LogP contribution in [0.5, 0.6) is 0 Å². The van der Waals surface area contributed by atoms with Gasteiger partial charge in [0.25, 0.3) is 0 Å². The standard InChI is InChI=1S/C18H25N3/c1-12(2)18-20-9-10-21(18)16-11-13(3)14-7-5-6-8-15(14)17(16)19-4/h5-10,12-13,16-17,19H,11H2,1-4H3. The lowest BCUT2D eigenvalue weighted by molar-refractivity contribution is 0.302. The summed E-state index contributed by atoms with van der Waals surface area (Å²) in [6.45, 7) is 6.77. The Bertz CT molecular complexity index is 614. The zero-order valence-electron chi connectivity index (χ0n) is 13.4. The van der Waals surface area contributed by atoms with Gasteiger partial charge >= 0.3 is 0 Å². The van der Waals surface area contributed by atoms with Gasteiger partial charge in [-0.2, -0.15) is 0 Å². The summed E-state index contributed by atoms with van der Waals surface area (Å²) in [4.78, 5) is 4.58. The summed E-state index contributed by atoms with van der Waals surface area (Å²) >= 11 is 0. The molecule has 1 aromatic heterocycles. The van der Waals surface area contributed by atoms with E-state index in [1.165, 1.54) is 17.0 Å². The molecule has 0 aliphatic heterocycles. The van der Waals surface area contributed by atoms with E-state index in [2.05, 4.69) is 73.1 Å². The zero-order valence-corrected chi connectivity index (χ0v) is 13.4. The van der Waals surface area contributed by atoms with Crippen molar-refractivity contribution >= 4 is 0 Å². The van der Waals surface area contributed by atoms with Gasteiger partial charge in [-0.05, 0) is 30.5 Å². The number of nitrogens with one attached hydrogen (secondary N) is 1. The molecule has 3 rings (SSSR count). The number of nitrogens with zero attached hydrogens (tertiary/aromatic N) is 2. The normalized spacial score (nSPS) is 25.1. The fraction of sp³-hybridized carbons (Fsp3) is 0.500. The first-order valence-corrected chi connectivity index (χ1v) is 7.92. The Balaban J connectivity index is 2.06. The van der Waals surface area contributed by atoms with Crippen LogP contribution in [0, 0.1) is 0 Å². The predicted molar refractivity (Wildman–Crippen MR) is 86.6 cm³/mol. The van der Waals surface area contributed by atoms with Crippen molar-refractivity contribution in [2.24, 2.45) is 0 Å². The third-order valence-corrected chi connectivity index (χ3v) is 4.73. The van der Waals surface area contributed by atoms with Crippen molar-refractivity contribution in [2.45, 2.75) is 51.1 Å². The van der Waals surface area contributed by atoms with Gasteiger partial charge in [-0.15, -0.1) is 0 Å². The number of aromatic nitrogens is 2. The van der Waals surface area contributed by atoms with Crippen LogP contribution in [0.1, 0.15) is 68.1 Å². The van der Waals surface area contributed by atoms with Crippen molar-refractivity contribution in [3.63, 3.8) is 0 Å². The van der Waals surface area contributed by atoms with E-state index in [1.807, 2.05) is 6.20 Å². The molecule has 3 atom stereocenters. The second-order valence-corrected chi connectivity index (χ2v) is 6.45. The van der Waals surface area contributed by atoms with Gasteiger partial charge in [-0.25, -0.2) is 4.98 Å². The van der Waals surface area contributed by atoms with E-state index < -0.39 is 0 Å². The Hall–Kier alpha value is -1.61. The summed E-state index contributed by atoms with van der Waals surface area (Å²) in [7, 11) is 2.07. The van der Waals surface area contributed by atoms with Gasteiger partial charge in [0.15, 0.2) is 0 Å². The van der Waals surface area contributed by atoms with Crippen molar-refractivity contribution in [1.29, 1.82) is 0 Å². The van der Waals surface area contributed by atoms with E-state index >= 15 is 0 Å². The van der Waals surface area contributed by atoms with Gasteiger partial charge in [0.1, 0.15) is 5.82 Å². The number of rotatable bonds is 3. The molecule has 2 aromatic rings. The SMILES string of the molecule is CNC1c2ccccc2C(C)CC1n1ccnc1C(C)C. The second kappa shape index (κ2) is 5.64. The molecule has 0 radical (unpaired) electrons. The highest BCUT2D eigenvalue weighted by molar-refractivity contribution is 5.36. The first kappa shape index (κ1) is 14.3. The van der Waals surface area contributed by atoms with Gasteiger partial charge in [0, 0.05) is 18.3 Å². The molecule has 1 heterocycles. The molecule has 1 aliphatic rings. The van der Waals surface area contributed by atoms with E-state index in [0.29, 0.717) is 23.9 Å². The van der Waals surface area contributed by atoms with E-state index in [1.54, 1.807) is 0 Å². The number of hydrogen-bond donors (Lipinski definition) is 1. The van der Waals surface area contributed by atoms with E-state index in [0.717, 1.165) is 6.42 Å². The molecule has 1 N–H and O–H groups in total. The number of benzene rings is 1. The van der Waals surface area contributed by atoms with Crippen molar-refractivity contribution in [3.05, 3.63) is 53.6 Å². The molecule has 0 bridgehead atoms. The maximum atomic E-state index is 4.58. The van der Waals surface area contributed by atoms with Crippen molar-refractivity contribution < 1.29 is 0 Å². The Morgan fingerprint density at radius 3 is 2.62 bits per heavy atom. The molecule has 1 aromatic carbocycles. The van der Waals surface area contributed by atoms with Gasteiger partial charge in [0.2, 0.25) is 0 Å². The van der Waals surface area contributed by atoms with Crippen molar-refractivity contribution in [1.82, 2.24) is 14.9 Å². The Morgan fingerprint density at radius 1 is 1.24 bits per heavy atom. The summed E-state index contributed by atoms with van der Waals surface area (Å²) < 4.78 is 2.39. The maximum absolute atomic E-state index is 4.58. The molecule has 3 heteroatoms. The molecule has 0 fully saturated rings. The third kappa shape index (κ3) is 2.40. The first-order chi connectivity index (χ1) is 10.1. The fourth-order valence-electron chi connectivity index (χ4n) is 3.75. The van der Waals surface area contributed by atoms with Gasteiger partial charge in [-0.1, -0.05) is 45.0 Å². The highest BCUT2D eigenvalue weighted by atomic mass is 15.1. The average molecular weight is 283 g/mol. The van der Waals surface area contributed by atoms with Crippen LogP contribution < -0.4 is 5.32 Å². The van der Waals surface area contributed by atoms with Gasteiger partial charge in [-0.3, -0.25) is 0 Å². The summed E-state index contributed by atoms with van der Waals surface area (Å²) in [6, 6.07) is 9.63. The smallest absolute Gasteiger partial charge is 0.111 e. The fourth-order valence-corrected chi connectivity index (χ4v) is 3.75. The van der Waals surface area contributed by atoms with Crippen molar-refractivity contribution in [2.75, 3.05) is 7.05 Å². The molecule has 0 saturated heterocycles. The van der Waals surface area contributed by atoms with Crippen LogP contribution in [0.3, 0.4) is 0 Å². The summed E-state index contributed by atoms with van der Waals surface area (Å²) in [5, 5.41) is 3.54. The minimum atomic E-state index is 0.351. The quantitative estimate of drug-likeness (QED) is 0.922. The lowest BCUT2D eigenvalue weighted by atomic mass is 9.77. The number of fused-ring (bicyclic) bond motifs is 1. The lowest BCUT2D eigenvalue weighted by Crippen LogP contribution is -2.34. The lowest BCUT2D eigenvalue weighted by Gasteiger charge is -2.38. The Labute approximate surface area is 127 Å². The molecule has 0 saturated carbocycles. The van der Waals surface area contributed by atoms with Gasteiger partial charge < -0.3 is 9.88 Å². The summed E-state index contributed by atoms with van der Waals surface area (Å²) in [6.07, 6.45) is 5.23. The predicted octanol–water partition coefficient (Wildman–Crippen LogP) is 4.02. The molecule has 0 spiro atoms. The topological polar surface area (TPSA) is 29.9 Å². The zero-order chi connectivity index (χ0) is 15.0. The van der Waals surface area contributed by atoms with Crippen molar-refractivity contribution in [3.8, 4) is 0 Å². The van der Waals surface area contributed by atoms with Crippen LogP contribution in [-0.4, -0.2) is 16.6 Å². The summed E-state index contributed by atoms with van der Waals surface area (Å²) in [5.74, 6) is 2.22. The van der Waals surface area contributed by atoms with Crippen LogP contribution in [0.4, 0.5) is 0 Å². The van der Waals surface area contributed by atoms with Gasteiger partial charge in [0.05, 0.1) is 12.1 Å². The third-order valence-electron chi connectivity index (χ3n) is 4.73. The second-order valence-electron chi connectivity index (χ2n) is 6.45. The minimum absolute atomic E-state index is 0.351. The molecule has 1 aliphatic carbocycles. The van der Waals surface area contributed by atoms with Crippen LogP contribution in [0.2, 0.25) is 0 Å². The van der Waals surface area contributed by atoms with Crippen LogP contribution in [0.25, 0.3) is 0 Å². The number of hydrogen-bond acceptors (Lipinski definition) is 2. The van der Waals surface area contributed by atoms with E-state index in [4.69, 9.17) is 0 Å². The minimum Gasteiger partial charge on any atom is -0.330 e. The Morgan fingerprint density at radius 2 is 1.95 bits per heavy atom. The van der Waals surface area contributed by atoms with Crippen LogP contribution in [-0.2, 0) is 0 Å². The molecular formula is C18H25N3. The first-order valence-electron chi connectivity index (χ1n) is 7.92. The highest BCUT2D eigenvalue weighted by Gasteiger charge is 2.34. The number of imidazole rings is 1. The highest BCUT2D eigenvalue weighted by Crippen LogP contribution is 2.44. The number of likely N-dealkylation sites (N-methyl/N-ethyl adjacent to an activating group) is 1. The molecule has 3 unspecified atom stereocenters. The molecule has 3 nitrogen and oxygen atoms in total. The van der Waals surface area contributed by atoms with Crippen LogP contribution in [0.15, 0.2) is 36.7 Å². The molecule has 21 heavy (non-hydrogen) atoms. The maximum Gasteiger partial charge on any atom is 0.111 e. The largest absolute Gasteiger partial charge is 0.330 e. The molecule has 112 valence electrons. The Kier molecular flexibility index (Phi) is 3.85. The van der Waals surface area contributed by atoms with E-state index in [9.17, 15) is 0 Å². The average Bonchev–Trinajstić information content (AvgIpc) is 2.97. The van der Waals surface area contributed by atoms with E-state index in [-0.39, 0.29) is 0 Å². The van der Waals surface area contributed by atoms with Crippen LogP contribution >= 0.6 is 0 Å². The monoisotopic (exact) mass is 283 g/mol. The summed E-state index contributed by atoms with van der Waals surface area (Å²) in [5.41, 5.74) is 2.92. The molecular weight excluding hydrogens is 258 g/mol.